The highest BCUT2D eigenvalue weighted by molar-refractivity contribution is 5.95. The van der Waals surface area contributed by atoms with Crippen LogP contribution in [0, 0.1) is 5.92 Å². The second-order valence-electron chi connectivity index (χ2n) is 6.04. The van der Waals surface area contributed by atoms with Crippen molar-refractivity contribution in [3.63, 3.8) is 0 Å². The Morgan fingerprint density at radius 2 is 1.83 bits per heavy atom. The number of urea groups is 1. The van der Waals surface area contributed by atoms with Crippen molar-refractivity contribution in [1.29, 1.82) is 0 Å². The highest BCUT2D eigenvalue weighted by Crippen LogP contribution is 2.17. The van der Waals surface area contributed by atoms with Crippen LogP contribution >= 0.6 is 0 Å². The molecule has 1 unspecified atom stereocenters. The van der Waals surface area contributed by atoms with Gasteiger partial charge in [0.15, 0.2) is 0 Å². The molecule has 1 aliphatic carbocycles. The molecule has 2 N–H and O–H groups in total. The molecule has 0 aromatic heterocycles. The number of anilines is 1. The molecule has 0 saturated heterocycles. The number of nitrogens with zero attached hydrogens (tertiary/aromatic N) is 1. The van der Waals surface area contributed by atoms with E-state index in [1.807, 2.05) is 13.8 Å². The molecule has 0 heterocycles. The molecule has 2 rings (SSSR count). The normalized spacial score (nSPS) is 16.5. The van der Waals surface area contributed by atoms with E-state index < -0.39 is 0 Å². The minimum atomic E-state index is -0.202. The zero-order valence-electron chi connectivity index (χ0n) is 14.5. The van der Waals surface area contributed by atoms with E-state index in [0.717, 1.165) is 19.3 Å². The van der Waals surface area contributed by atoms with Gasteiger partial charge in [0.1, 0.15) is 0 Å². The van der Waals surface area contributed by atoms with Crippen molar-refractivity contribution in [2.24, 2.45) is 5.92 Å². The largest absolute Gasteiger partial charge is 0.339 e. The average molecular weight is 329 g/mol. The van der Waals surface area contributed by atoms with Gasteiger partial charge in [-0.25, -0.2) is 4.79 Å². The zero-order chi connectivity index (χ0) is 17.4. The Morgan fingerprint density at radius 3 is 2.42 bits per heavy atom. The van der Waals surface area contributed by atoms with Gasteiger partial charge in [-0.1, -0.05) is 12.2 Å². The Balaban J connectivity index is 1.83. The van der Waals surface area contributed by atoms with Gasteiger partial charge < -0.3 is 15.5 Å². The number of rotatable bonds is 6. The van der Waals surface area contributed by atoms with Gasteiger partial charge in [-0.2, -0.15) is 0 Å². The molecule has 130 valence electrons. The van der Waals surface area contributed by atoms with Crippen LogP contribution < -0.4 is 10.6 Å². The summed E-state index contributed by atoms with van der Waals surface area (Å²) in [6.07, 6.45) is 7.62. The lowest BCUT2D eigenvalue weighted by molar-refractivity contribution is 0.0773. The van der Waals surface area contributed by atoms with E-state index in [0.29, 0.717) is 36.8 Å². The van der Waals surface area contributed by atoms with Crippen LogP contribution in [0.15, 0.2) is 36.4 Å². The lowest BCUT2D eigenvalue weighted by Crippen LogP contribution is -2.33. The summed E-state index contributed by atoms with van der Waals surface area (Å²) in [6, 6.07) is 6.83. The summed E-state index contributed by atoms with van der Waals surface area (Å²) >= 11 is 0. The molecule has 1 aromatic rings. The third-order valence-corrected chi connectivity index (χ3v) is 4.37. The summed E-state index contributed by atoms with van der Waals surface area (Å²) < 4.78 is 0. The van der Waals surface area contributed by atoms with E-state index in [2.05, 4.69) is 22.8 Å². The molecule has 1 aliphatic rings. The maximum Gasteiger partial charge on any atom is 0.319 e. The summed E-state index contributed by atoms with van der Waals surface area (Å²) in [4.78, 5) is 26.0. The SMILES string of the molecule is CCN(CC)C(=O)c1ccc(NC(=O)NCC2CC=CCC2)cc1. The molecule has 0 radical (unpaired) electrons. The molecule has 1 atom stereocenters. The van der Waals surface area contributed by atoms with Crippen molar-refractivity contribution in [2.45, 2.75) is 33.1 Å². The number of allylic oxidation sites excluding steroid dienone is 2. The Kier molecular flexibility index (Phi) is 6.85. The fourth-order valence-corrected chi connectivity index (χ4v) is 2.84. The summed E-state index contributed by atoms with van der Waals surface area (Å²) in [5.41, 5.74) is 1.32. The lowest BCUT2D eigenvalue weighted by Gasteiger charge is -2.19. The van der Waals surface area contributed by atoms with Crippen molar-refractivity contribution in [2.75, 3.05) is 25.0 Å². The molecule has 0 fully saturated rings. The van der Waals surface area contributed by atoms with Crippen molar-refractivity contribution < 1.29 is 9.59 Å². The standard InChI is InChI=1S/C19H27N3O2/c1-3-22(4-2)18(23)16-10-12-17(13-11-16)21-19(24)20-14-15-8-6-5-7-9-15/h5-6,10-13,15H,3-4,7-9,14H2,1-2H3,(H2,20,21,24). The highest BCUT2D eigenvalue weighted by atomic mass is 16.2. The van der Waals surface area contributed by atoms with Crippen LogP contribution in [-0.4, -0.2) is 36.5 Å². The lowest BCUT2D eigenvalue weighted by atomic mass is 9.94. The molecular formula is C19H27N3O2. The number of hydrogen-bond acceptors (Lipinski definition) is 2. The summed E-state index contributed by atoms with van der Waals surface area (Å²) in [7, 11) is 0. The maximum absolute atomic E-state index is 12.2. The van der Waals surface area contributed by atoms with Gasteiger partial charge in [0, 0.05) is 30.9 Å². The van der Waals surface area contributed by atoms with Gasteiger partial charge in [-0.15, -0.1) is 0 Å². The molecule has 24 heavy (non-hydrogen) atoms. The number of benzene rings is 1. The van der Waals surface area contributed by atoms with E-state index in [1.54, 1.807) is 29.2 Å². The first kappa shape index (κ1) is 18.0. The van der Waals surface area contributed by atoms with E-state index >= 15 is 0 Å². The van der Waals surface area contributed by atoms with E-state index in [-0.39, 0.29) is 11.9 Å². The summed E-state index contributed by atoms with van der Waals surface area (Å²) in [5.74, 6) is 0.538. The summed E-state index contributed by atoms with van der Waals surface area (Å²) in [5, 5.41) is 5.73. The number of nitrogens with one attached hydrogen (secondary N) is 2. The molecule has 0 aliphatic heterocycles. The molecule has 0 spiro atoms. The number of carbonyl (C=O) groups is 2. The van der Waals surface area contributed by atoms with Gasteiger partial charge in [0.25, 0.3) is 5.91 Å². The van der Waals surface area contributed by atoms with Crippen molar-refractivity contribution in [3.8, 4) is 0 Å². The topological polar surface area (TPSA) is 61.4 Å². The first-order chi connectivity index (χ1) is 11.6. The molecule has 1 aromatic carbocycles. The quantitative estimate of drug-likeness (QED) is 0.783. The molecule has 3 amide bonds. The van der Waals surface area contributed by atoms with E-state index in [9.17, 15) is 9.59 Å². The molecule has 5 heteroatoms. The maximum atomic E-state index is 12.2. The highest BCUT2D eigenvalue weighted by Gasteiger charge is 2.13. The van der Waals surface area contributed by atoms with Crippen molar-refractivity contribution in [1.82, 2.24) is 10.2 Å². The van der Waals surface area contributed by atoms with Crippen LogP contribution in [0.3, 0.4) is 0 Å². The van der Waals surface area contributed by atoms with Gasteiger partial charge >= 0.3 is 6.03 Å². The van der Waals surface area contributed by atoms with Crippen LogP contribution in [-0.2, 0) is 0 Å². The average Bonchev–Trinajstić information content (AvgIpc) is 2.62. The van der Waals surface area contributed by atoms with Crippen LogP contribution in [0.2, 0.25) is 0 Å². The first-order valence-corrected chi connectivity index (χ1v) is 8.73. The predicted octanol–water partition coefficient (Wildman–Crippen LogP) is 3.65. The minimum Gasteiger partial charge on any atom is -0.339 e. The van der Waals surface area contributed by atoms with E-state index in [4.69, 9.17) is 0 Å². The van der Waals surface area contributed by atoms with Gasteiger partial charge in [-0.3, -0.25) is 4.79 Å². The van der Waals surface area contributed by atoms with Gasteiger partial charge in [-0.05, 0) is 63.3 Å². The van der Waals surface area contributed by atoms with Crippen LogP contribution in [0.5, 0.6) is 0 Å². The van der Waals surface area contributed by atoms with Crippen molar-refractivity contribution >= 4 is 17.6 Å². The predicted molar refractivity (Wildman–Crippen MR) is 97.2 cm³/mol. The Labute approximate surface area is 144 Å². The number of hydrogen-bond donors (Lipinski definition) is 2. The molecule has 0 saturated carbocycles. The third kappa shape index (κ3) is 5.11. The van der Waals surface area contributed by atoms with Crippen LogP contribution in [0.25, 0.3) is 0 Å². The van der Waals surface area contributed by atoms with Gasteiger partial charge in [0.05, 0.1) is 0 Å². The number of carbonyl (C=O) groups excluding carboxylic acids is 2. The first-order valence-electron chi connectivity index (χ1n) is 8.73. The molecule has 0 bridgehead atoms. The molecular weight excluding hydrogens is 302 g/mol. The number of amides is 3. The Hall–Kier alpha value is -2.30. The smallest absolute Gasteiger partial charge is 0.319 e. The fourth-order valence-electron chi connectivity index (χ4n) is 2.84. The van der Waals surface area contributed by atoms with Crippen LogP contribution in [0.1, 0.15) is 43.5 Å². The fraction of sp³-hybridized carbons (Fsp3) is 0.474. The third-order valence-electron chi connectivity index (χ3n) is 4.37. The Morgan fingerprint density at radius 1 is 1.12 bits per heavy atom. The monoisotopic (exact) mass is 329 g/mol. The Bertz CT molecular complexity index is 577. The van der Waals surface area contributed by atoms with Crippen molar-refractivity contribution in [3.05, 3.63) is 42.0 Å². The second kappa shape index (κ2) is 9.11. The molecule has 5 nitrogen and oxygen atoms in total. The second-order valence-corrected chi connectivity index (χ2v) is 6.04. The minimum absolute atomic E-state index is 0.0151. The summed E-state index contributed by atoms with van der Waals surface area (Å²) in [6.45, 7) is 5.99. The zero-order valence-corrected chi connectivity index (χ0v) is 14.5. The van der Waals surface area contributed by atoms with E-state index in [1.165, 1.54) is 0 Å². The van der Waals surface area contributed by atoms with Gasteiger partial charge in [0.2, 0.25) is 0 Å². The van der Waals surface area contributed by atoms with Crippen LogP contribution in [0.4, 0.5) is 10.5 Å².